The third-order valence-corrected chi connectivity index (χ3v) is 5.95. The Morgan fingerprint density at radius 2 is 1.73 bits per heavy atom. The third-order valence-electron chi connectivity index (χ3n) is 5.95. The Hall–Kier alpha value is -3.68. The van der Waals surface area contributed by atoms with E-state index >= 15 is 0 Å². The van der Waals surface area contributed by atoms with Crippen LogP contribution in [0.2, 0.25) is 0 Å². The number of Topliss-reactive ketones (excluding diaryl/α,β-unsaturated/α-hetero) is 1. The van der Waals surface area contributed by atoms with Crippen LogP contribution in [0.25, 0.3) is 28.1 Å². The standard InChI is InChI=1S/C26H27N3O4/c1-3-4-8-21-17(2)19(15-28(21)10-12-30)25-24(23(32)14-27-26(25)33)20-16-29(11-13-31)22-9-6-5-7-18(20)22/h3-9,15-16,30-31H,1,10-14H2,2H3,(H,27,33)/b8-4-. The molecule has 0 fully saturated rings. The molecule has 3 heterocycles. The molecule has 7 nitrogen and oxygen atoms in total. The molecule has 0 saturated carbocycles. The predicted octanol–water partition coefficient (Wildman–Crippen LogP) is 2.54. The fourth-order valence-electron chi connectivity index (χ4n) is 4.47. The van der Waals surface area contributed by atoms with Gasteiger partial charge in [-0.05, 0) is 24.6 Å². The number of hydrogen-bond acceptors (Lipinski definition) is 4. The highest BCUT2D eigenvalue weighted by atomic mass is 16.3. The number of aromatic nitrogens is 2. The summed E-state index contributed by atoms with van der Waals surface area (Å²) in [5.41, 5.74) is 4.56. The first-order chi connectivity index (χ1) is 16.0. The van der Waals surface area contributed by atoms with Crippen molar-refractivity contribution < 1.29 is 19.8 Å². The van der Waals surface area contributed by atoms with E-state index in [0.717, 1.165) is 22.2 Å². The normalized spacial score (nSPS) is 14.5. The molecule has 0 saturated heterocycles. The van der Waals surface area contributed by atoms with Crippen molar-refractivity contribution in [1.29, 1.82) is 0 Å². The lowest BCUT2D eigenvalue weighted by atomic mass is 9.88. The van der Waals surface area contributed by atoms with Crippen LogP contribution < -0.4 is 5.32 Å². The average Bonchev–Trinajstić information content (AvgIpc) is 3.32. The van der Waals surface area contributed by atoms with Crippen molar-refractivity contribution in [2.75, 3.05) is 19.8 Å². The Labute approximate surface area is 192 Å². The summed E-state index contributed by atoms with van der Waals surface area (Å²) in [7, 11) is 0. The van der Waals surface area contributed by atoms with Gasteiger partial charge in [-0.2, -0.15) is 0 Å². The van der Waals surface area contributed by atoms with Crippen LogP contribution in [0.3, 0.4) is 0 Å². The minimum absolute atomic E-state index is 0.0411. The number of aliphatic hydroxyl groups is 2. The van der Waals surface area contributed by atoms with Crippen LogP contribution in [0.1, 0.15) is 22.4 Å². The van der Waals surface area contributed by atoms with Gasteiger partial charge in [0, 0.05) is 58.8 Å². The van der Waals surface area contributed by atoms with E-state index in [4.69, 9.17) is 0 Å². The maximum absolute atomic E-state index is 13.2. The Morgan fingerprint density at radius 3 is 2.45 bits per heavy atom. The number of allylic oxidation sites excluding steroid dienone is 2. The van der Waals surface area contributed by atoms with Gasteiger partial charge in [-0.15, -0.1) is 0 Å². The van der Waals surface area contributed by atoms with Crippen molar-refractivity contribution in [3.05, 3.63) is 77.8 Å². The SMILES string of the molecule is C=C/C=C\c1c(C)c(C2=C(c3cn(CCO)c4ccccc34)C(=O)CNC2=O)cn1CCO. The largest absolute Gasteiger partial charge is 0.395 e. The zero-order valence-electron chi connectivity index (χ0n) is 18.5. The van der Waals surface area contributed by atoms with Gasteiger partial charge in [0.15, 0.2) is 5.78 Å². The number of carbonyl (C=O) groups excluding carboxylic acids is 2. The molecule has 0 unspecified atom stereocenters. The van der Waals surface area contributed by atoms with Crippen molar-refractivity contribution >= 4 is 39.8 Å². The maximum Gasteiger partial charge on any atom is 0.253 e. The number of nitrogens with one attached hydrogen (secondary N) is 1. The number of ketones is 1. The zero-order chi connectivity index (χ0) is 23.5. The van der Waals surface area contributed by atoms with Crippen molar-refractivity contribution in [1.82, 2.24) is 14.5 Å². The molecule has 33 heavy (non-hydrogen) atoms. The Balaban J connectivity index is 2.03. The number of benzene rings is 1. The van der Waals surface area contributed by atoms with Crippen molar-refractivity contribution in [3.8, 4) is 0 Å². The van der Waals surface area contributed by atoms with Gasteiger partial charge in [-0.1, -0.05) is 36.9 Å². The fraction of sp³-hybridized carbons (Fsp3) is 0.231. The van der Waals surface area contributed by atoms with Crippen LogP contribution in [0, 0.1) is 6.92 Å². The van der Waals surface area contributed by atoms with Gasteiger partial charge in [0.05, 0.1) is 25.3 Å². The molecule has 1 amide bonds. The van der Waals surface area contributed by atoms with E-state index in [2.05, 4.69) is 11.9 Å². The number of hydrogen-bond donors (Lipinski definition) is 3. The predicted molar refractivity (Wildman–Crippen MR) is 129 cm³/mol. The van der Waals surface area contributed by atoms with E-state index in [-0.39, 0.29) is 31.4 Å². The van der Waals surface area contributed by atoms with Gasteiger partial charge < -0.3 is 24.7 Å². The van der Waals surface area contributed by atoms with Crippen molar-refractivity contribution in [3.63, 3.8) is 0 Å². The van der Waals surface area contributed by atoms with E-state index in [1.807, 2.05) is 58.8 Å². The molecule has 170 valence electrons. The molecule has 0 aliphatic carbocycles. The minimum atomic E-state index is -0.313. The fourth-order valence-corrected chi connectivity index (χ4v) is 4.47. The van der Waals surface area contributed by atoms with E-state index in [0.29, 0.717) is 35.4 Å². The molecule has 0 atom stereocenters. The summed E-state index contributed by atoms with van der Waals surface area (Å²) in [6, 6.07) is 7.65. The molecule has 0 radical (unpaired) electrons. The van der Waals surface area contributed by atoms with E-state index in [1.54, 1.807) is 12.2 Å². The lowest BCUT2D eigenvalue weighted by molar-refractivity contribution is -0.120. The Bertz CT molecular complexity index is 1310. The van der Waals surface area contributed by atoms with Crippen LogP contribution in [0.4, 0.5) is 0 Å². The number of amides is 1. The van der Waals surface area contributed by atoms with Crippen LogP contribution in [-0.2, 0) is 22.7 Å². The molecule has 1 aliphatic rings. The van der Waals surface area contributed by atoms with Crippen LogP contribution in [-0.4, -0.2) is 50.8 Å². The first-order valence-corrected chi connectivity index (χ1v) is 10.9. The monoisotopic (exact) mass is 445 g/mol. The summed E-state index contributed by atoms with van der Waals surface area (Å²) in [4.78, 5) is 26.4. The maximum atomic E-state index is 13.2. The van der Waals surface area contributed by atoms with Gasteiger partial charge in [0.25, 0.3) is 5.91 Å². The smallest absolute Gasteiger partial charge is 0.253 e. The molecule has 4 rings (SSSR count). The molecule has 3 aromatic rings. The first kappa shape index (κ1) is 22.5. The highest BCUT2D eigenvalue weighted by Gasteiger charge is 2.32. The highest BCUT2D eigenvalue weighted by Crippen LogP contribution is 2.37. The second-order valence-electron chi connectivity index (χ2n) is 7.90. The number of aliphatic hydroxyl groups excluding tert-OH is 2. The van der Waals surface area contributed by atoms with Crippen LogP contribution in [0.15, 0.2) is 55.4 Å². The van der Waals surface area contributed by atoms with E-state index in [9.17, 15) is 19.8 Å². The molecular weight excluding hydrogens is 418 g/mol. The van der Waals surface area contributed by atoms with Gasteiger partial charge in [0.2, 0.25) is 0 Å². The summed E-state index contributed by atoms with van der Waals surface area (Å²) in [5, 5.41) is 22.6. The number of para-hydroxylation sites is 1. The lowest BCUT2D eigenvalue weighted by Crippen LogP contribution is -2.36. The average molecular weight is 446 g/mol. The Kier molecular flexibility index (Phi) is 6.44. The van der Waals surface area contributed by atoms with Crippen molar-refractivity contribution in [2.24, 2.45) is 0 Å². The summed E-state index contributed by atoms with van der Waals surface area (Å²) >= 11 is 0. The second kappa shape index (κ2) is 9.44. The topological polar surface area (TPSA) is 96.5 Å². The molecule has 3 N–H and O–H groups in total. The van der Waals surface area contributed by atoms with Crippen molar-refractivity contribution in [2.45, 2.75) is 20.0 Å². The number of carbonyl (C=O) groups is 2. The van der Waals surface area contributed by atoms with Gasteiger partial charge >= 0.3 is 0 Å². The molecule has 0 bridgehead atoms. The third kappa shape index (κ3) is 3.97. The quantitative estimate of drug-likeness (QED) is 0.464. The lowest BCUT2D eigenvalue weighted by Gasteiger charge is -2.20. The summed E-state index contributed by atoms with van der Waals surface area (Å²) in [5.74, 6) is -0.485. The van der Waals surface area contributed by atoms with Crippen LogP contribution >= 0.6 is 0 Å². The highest BCUT2D eigenvalue weighted by molar-refractivity contribution is 6.44. The summed E-state index contributed by atoms with van der Waals surface area (Å²) < 4.78 is 3.77. The zero-order valence-corrected chi connectivity index (χ0v) is 18.5. The van der Waals surface area contributed by atoms with Gasteiger partial charge in [-0.25, -0.2) is 0 Å². The Morgan fingerprint density at radius 1 is 1.03 bits per heavy atom. The molecule has 2 aromatic heterocycles. The molecule has 7 heteroatoms. The van der Waals surface area contributed by atoms with Gasteiger partial charge in [-0.3, -0.25) is 9.59 Å². The second-order valence-corrected chi connectivity index (χ2v) is 7.90. The molecular formula is C26H27N3O4. The number of rotatable bonds is 8. The first-order valence-electron chi connectivity index (χ1n) is 10.9. The number of fused-ring (bicyclic) bond motifs is 1. The van der Waals surface area contributed by atoms with E-state index in [1.165, 1.54) is 0 Å². The van der Waals surface area contributed by atoms with Gasteiger partial charge in [0.1, 0.15) is 0 Å². The summed E-state index contributed by atoms with van der Waals surface area (Å²) in [6.45, 7) is 6.17. The molecule has 1 aliphatic heterocycles. The molecule has 1 aromatic carbocycles. The molecule has 0 spiro atoms. The minimum Gasteiger partial charge on any atom is -0.395 e. The van der Waals surface area contributed by atoms with Crippen LogP contribution in [0.5, 0.6) is 0 Å². The number of nitrogens with zero attached hydrogens (tertiary/aromatic N) is 2. The summed E-state index contributed by atoms with van der Waals surface area (Å²) in [6.07, 6.45) is 8.98. The van der Waals surface area contributed by atoms with E-state index < -0.39 is 0 Å².